The average molecular weight is 327 g/mol. The van der Waals surface area contributed by atoms with Crippen LogP contribution in [0.4, 0.5) is 9.93 Å². The van der Waals surface area contributed by atoms with Crippen LogP contribution in [-0.2, 0) is 16.6 Å². The number of nitrogens with zero attached hydrogens (tertiary/aromatic N) is 1. The first-order valence-corrected chi connectivity index (χ1v) is 7.94. The SMILES string of the molecule is CC(O)(CNC(=O)Nc1nc2c(s1)CCCC2(C)C)C(=O)O. The number of amides is 2. The summed E-state index contributed by atoms with van der Waals surface area (Å²) in [4.78, 5) is 28.2. The van der Waals surface area contributed by atoms with Crippen LogP contribution in [0.25, 0.3) is 0 Å². The summed E-state index contributed by atoms with van der Waals surface area (Å²) in [6, 6.07) is -0.578. The molecule has 1 aromatic rings. The summed E-state index contributed by atoms with van der Waals surface area (Å²) in [5.74, 6) is -1.39. The van der Waals surface area contributed by atoms with Gasteiger partial charge in [0.05, 0.1) is 12.2 Å². The molecule has 0 saturated heterocycles. The molecule has 22 heavy (non-hydrogen) atoms. The van der Waals surface area contributed by atoms with Crippen molar-refractivity contribution in [3.8, 4) is 0 Å². The zero-order valence-electron chi connectivity index (χ0n) is 12.9. The second-order valence-corrected chi connectivity index (χ2v) is 7.50. The quantitative estimate of drug-likeness (QED) is 0.673. The van der Waals surface area contributed by atoms with Gasteiger partial charge in [0.2, 0.25) is 0 Å². The van der Waals surface area contributed by atoms with Gasteiger partial charge in [-0.05, 0) is 26.2 Å². The molecule has 8 heteroatoms. The molecule has 4 N–H and O–H groups in total. The molecule has 0 saturated carbocycles. The molecule has 7 nitrogen and oxygen atoms in total. The number of aliphatic carboxylic acids is 1. The van der Waals surface area contributed by atoms with Gasteiger partial charge >= 0.3 is 12.0 Å². The minimum Gasteiger partial charge on any atom is -0.479 e. The van der Waals surface area contributed by atoms with E-state index in [0.29, 0.717) is 5.13 Å². The Balaban J connectivity index is 1.99. The Labute approximate surface area is 132 Å². The van der Waals surface area contributed by atoms with E-state index in [1.807, 2.05) is 0 Å². The van der Waals surface area contributed by atoms with E-state index in [4.69, 9.17) is 5.11 Å². The Morgan fingerprint density at radius 1 is 1.45 bits per heavy atom. The van der Waals surface area contributed by atoms with Gasteiger partial charge in [0, 0.05) is 10.3 Å². The predicted octanol–water partition coefficient (Wildman–Crippen LogP) is 1.71. The van der Waals surface area contributed by atoms with Crippen molar-refractivity contribution in [3.05, 3.63) is 10.6 Å². The van der Waals surface area contributed by atoms with E-state index in [9.17, 15) is 14.7 Å². The number of thiazole rings is 1. The number of rotatable bonds is 4. The molecule has 2 amide bonds. The lowest BCUT2D eigenvalue weighted by Crippen LogP contribution is -2.47. The lowest BCUT2D eigenvalue weighted by atomic mass is 9.79. The maximum Gasteiger partial charge on any atom is 0.337 e. The predicted molar refractivity (Wildman–Crippen MR) is 83.4 cm³/mol. The summed E-state index contributed by atoms with van der Waals surface area (Å²) in [6.07, 6.45) is 3.14. The van der Waals surface area contributed by atoms with Gasteiger partial charge in [-0.3, -0.25) is 5.32 Å². The van der Waals surface area contributed by atoms with Crippen LogP contribution < -0.4 is 10.6 Å². The van der Waals surface area contributed by atoms with E-state index in [-0.39, 0.29) is 12.0 Å². The minimum atomic E-state index is -2.00. The van der Waals surface area contributed by atoms with Gasteiger partial charge in [-0.25, -0.2) is 14.6 Å². The highest BCUT2D eigenvalue weighted by molar-refractivity contribution is 7.15. The largest absolute Gasteiger partial charge is 0.479 e. The molecule has 0 spiro atoms. The Morgan fingerprint density at radius 3 is 2.73 bits per heavy atom. The molecule has 1 aliphatic carbocycles. The normalized spacial score (nSPS) is 18.9. The number of aryl methyl sites for hydroxylation is 1. The van der Waals surface area contributed by atoms with Crippen molar-refractivity contribution in [2.45, 2.75) is 51.0 Å². The van der Waals surface area contributed by atoms with Gasteiger partial charge in [0.25, 0.3) is 0 Å². The number of aliphatic hydroxyl groups is 1. The van der Waals surface area contributed by atoms with E-state index in [1.165, 1.54) is 16.2 Å². The van der Waals surface area contributed by atoms with Crippen molar-refractivity contribution >= 4 is 28.5 Å². The van der Waals surface area contributed by atoms with Gasteiger partial charge < -0.3 is 15.5 Å². The third-order valence-electron chi connectivity index (χ3n) is 3.82. The molecule has 1 atom stereocenters. The molecule has 0 radical (unpaired) electrons. The smallest absolute Gasteiger partial charge is 0.337 e. The number of carboxylic acid groups (broad SMARTS) is 1. The molecule has 1 aliphatic rings. The van der Waals surface area contributed by atoms with E-state index in [1.54, 1.807) is 0 Å². The third-order valence-corrected chi connectivity index (χ3v) is 4.85. The maximum atomic E-state index is 11.8. The maximum absolute atomic E-state index is 11.8. The van der Waals surface area contributed by atoms with Gasteiger partial charge in [-0.15, -0.1) is 11.3 Å². The number of hydrogen-bond acceptors (Lipinski definition) is 5. The molecule has 1 aromatic heterocycles. The van der Waals surface area contributed by atoms with Crippen LogP contribution in [0.2, 0.25) is 0 Å². The van der Waals surface area contributed by atoms with Crippen LogP contribution in [0.5, 0.6) is 0 Å². The van der Waals surface area contributed by atoms with Crippen molar-refractivity contribution in [1.82, 2.24) is 10.3 Å². The van der Waals surface area contributed by atoms with Crippen LogP contribution >= 0.6 is 11.3 Å². The molecule has 0 aliphatic heterocycles. The van der Waals surface area contributed by atoms with Crippen LogP contribution in [0, 0.1) is 0 Å². The van der Waals surface area contributed by atoms with Crippen molar-refractivity contribution in [3.63, 3.8) is 0 Å². The number of carbonyl (C=O) groups is 2. The van der Waals surface area contributed by atoms with Gasteiger partial charge in [0.1, 0.15) is 0 Å². The zero-order chi connectivity index (χ0) is 16.5. The van der Waals surface area contributed by atoms with Crippen molar-refractivity contribution < 1.29 is 19.8 Å². The molecule has 0 fully saturated rings. The highest BCUT2D eigenvalue weighted by Crippen LogP contribution is 2.40. The van der Waals surface area contributed by atoms with Gasteiger partial charge in [-0.2, -0.15) is 0 Å². The molecule has 1 unspecified atom stereocenters. The second-order valence-electron chi connectivity index (χ2n) is 6.41. The van der Waals surface area contributed by atoms with Crippen LogP contribution in [0.15, 0.2) is 0 Å². The number of hydrogen-bond donors (Lipinski definition) is 4. The molecule has 1 heterocycles. The highest BCUT2D eigenvalue weighted by Gasteiger charge is 2.32. The molecule has 0 bridgehead atoms. The average Bonchev–Trinajstić information content (AvgIpc) is 2.80. The Bertz CT molecular complexity index is 595. The van der Waals surface area contributed by atoms with E-state index >= 15 is 0 Å². The lowest BCUT2D eigenvalue weighted by molar-refractivity contribution is -0.155. The number of nitrogens with one attached hydrogen (secondary N) is 2. The third kappa shape index (κ3) is 3.56. The number of fused-ring (bicyclic) bond motifs is 1. The van der Waals surface area contributed by atoms with E-state index in [2.05, 4.69) is 29.5 Å². The highest BCUT2D eigenvalue weighted by atomic mass is 32.1. The Kier molecular flexibility index (Phi) is 4.44. The number of carboxylic acids is 1. The number of carbonyl (C=O) groups excluding carboxylic acids is 1. The minimum absolute atomic E-state index is 0.00741. The van der Waals surface area contributed by atoms with Crippen LogP contribution in [-0.4, -0.2) is 39.3 Å². The first-order valence-electron chi connectivity index (χ1n) is 7.13. The van der Waals surface area contributed by atoms with Gasteiger partial charge in [0.15, 0.2) is 10.7 Å². The molecule has 0 aromatic carbocycles. The molecular weight excluding hydrogens is 306 g/mol. The summed E-state index contributed by atoms with van der Waals surface area (Å²) in [6.45, 7) is 5.02. The standard InChI is InChI=1S/C14H21N3O4S/c1-13(2)6-4-5-8-9(13)16-12(22-8)17-11(20)15-7-14(3,21)10(18)19/h21H,4-7H2,1-3H3,(H,18,19)(H2,15,16,17,20). The number of urea groups is 1. The fraction of sp³-hybridized carbons (Fsp3) is 0.643. The van der Waals surface area contributed by atoms with Crippen LogP contribution in [0.3, 0.4) is 0 Å². The topological polar surface area (TPSA) is 112 Å². The lowest BCUT2D eigenvalue weighted by Gasteiger charge is -2.27. The first kappa shape index (κ1) is 16.7. The summed E-state index contributed by atoms with van der Waals surface area (Å²) >= 11 is 1.44. The van der Waals surface area contributed by atoms with Gasteiger partial charge in [-0.1, -0.05) is 13.8 Å². The summed E-state index contributed by atoms with van der Waals surface area (Å²) < 4.78 is 0. The van der Waals surface area contributed by atoms with Crippen molar-refractivity contribution in [1.29, 1.82) is 0 Å². The molecular formula is C14H21N3O4S. The summed E-state index contributed by atoms with van der Waals surface area (Å²) in [7, 11) is 0. The summed E-state index contributed by atoms with van der Waals surface area (Å²) in [5.41, 5.74) is -0.967. The monoisotopic (exact) mass is 327 g/mol. The Morgan fingerprint density at radius 2 is 2.14 bits per heavy atom. The van der Waals surface area contributed by atoms with E-state index in [0.717, 1.165) is 31.9 Å². The van der Waals surface area contributed by atoms with Crippen molar-refractivity contribution in [2.24, 2.45) is 0 Å². The molecule has 122 valence electrons. The van der Waals surface area contributed by atoms with Crippen LogP contribution in [0.1, 0.15) is 44.2 Å². The zero-order valence-corrected chi connectivity index (χ0v) is 13.7. The fourth-order valence-corrected chi connectivity index (χ4v) is 3.56. The van der Waals surface area contributed by atoms with E-state index < -0.39 is 17.6 Å². The molecule has 2 rings (SSSR count). The summed E-state index contributed by atoms with van der Waals surface area (Å²) in [5, 5.41) is 23.8. The van der Waals surface area contributed by atoms with Crippen molar-refractivity contribution in [2.75, 3.05) is 11.9 Å². The first-order chi connectivity index (χ1) is 10.1. The number of anilines is 1. The second kappa shape index (κ2) is 5.85. The Hall–Kier alpha value is -1.67. The number of aromatic nitrogens is 1. The fourth-order valence-electron chi connectivity index (χ4n) is 2.38.